The molecule has 23 heavy (non-hydrogen) atoms. The number of aryl methyl sites for hydroxylation is 1. The molecule has 118 valence electrons. The van der Waals surface area contributed by atoms with Gasteiger partial charge in [0.15, 0.2) is 0 Å². The van der Waals surface area contributed by atoms with Crippen molar-refractivity contribution in [3.05, 3.63) is 59.4 Å². The highest BCUT2D eigenvalue weighted by molar-refractivity contribution is 5.89. The number of hydrogen-bond donors (Lipinski definition) is 1. The molecule has 0 radical (unpaired) electrons. The van der Waals surface area contributed by atoms with Crippen molar-refractivity contribution in [1.29, 1.82) is 0 Å². The maximum absolute atomic E-state index is 12.5. The smallest absolute Gasteiger partial charge is 0.321 e. The first-order chi connectivity index (χ1) is 11.2. The summed E-state index contributed by atoms with van der Waals surface area (Å²) in [6.45, 7) is 3.84. The maximum atomic E-state index is 12.5. The molecule has 0 saturated carbocycles. The summed E-state index contributed by atoms with van der Waals surface area (Å²) in [7, 11) is 0. The normalized spacial score (nSPS) is 22.4. The van der Waals surface area contributed by atoms with E-state index in [-0.39, 0.29) is 11.6 Å². The number of likely N-dealkylation sites (tertiary alicyclic amines) is 1. The van der Waals surface area contributed by atoms with Crippen molar-refractivity contribution in [2.24, 2.45) is 0 Å². The highest BCUT2D eigenvalue weighted by Crippen LogP contribution is 2.43. The van der Waals surface area contributed by atoms with E-state index < -0.39 is 0 Å². The fourth-order valence-corrected chi connectivity index (χ4v) is 3.50. The Kier molecular flexibility index (Phi) is 3.31. The first-order valence-electron chi connectivity index (χ1n) is 7.87. The van der Waals surface area contributed by atoms with Gasteiger partial charge in [0, 0.05) is 30.5 Å². The molecule has 1 spiro atoms. The lowest BCUT2D eigenvalue weighted by Gasteiger charge is -2.25. The van der Waals surface area contributed by atoms with Crippen LogP contribution >= 0.6 is 0 Å². The Bertz CT molecular complexity index is 761. The van der Waals surface area contributed by atoms with Gasteiger partial charge in [-0.3, -0.25) is 4.98 Å². The summed E-state index contributed by atoms with van der Waals surface area (Å²) in [6.07, 6.45) is 2.54. The van der Waals surface area contributed by atoms with Crippen LogP contribution in [0, 0.1) is 6.92 Å². The lowest BCUT2D eigenvalue weighted by atomic mass is 9.92. The van der Waals surface area contributed by atoms with Gasteiger partial charge in [0.05, 0.1) is 13.2 Å². The van der Waals surface area contributed by atoms with E-state index in [2.05, 4.69) is 22.4 Å². The third-order valence-electron chi connectivity index (χ3n) is 4.68. The molecule has 1 N–H and O–H groups in total. The van der Waals surface area contributed by atoms with Crippen molar-refractivity contribution in [2.45, 2.75) is 25.6 Å². The van der Waals surface area contributed by atoms with Crippen LogP contribution in [0.4, 0.5) is 10.5 Å². The van der Waals surface area contributed by atoms with Crippen molar-refractivity contribution in [1.82, 2.24) is 9.88 Å². The zero-order valence-corrected chi connectivity index (χ0v) is 13.1. The molecule has 5 heteroatoms. The van der Waals surface area contributed by atoms with Gasteiger partial charge in [-0.25, -0.2) is 4.79 Å². The van der Waals surface area contributed by atoms with Gasteiger partial charge in [0.1, 0.15) is 5.60 Å². The molecule has 1 aromatic carbocycles. The first-order valence-corrected chi connectivity index (χ1v) is 7.87. The molecule has 2 aliphatic heterocycles. The molecule has 1 saturated heterocycles. The van der Waals surface area contributed by atoms with Gasteiger partial charge in [0.25, 0.3) is 0 Å². The highest BCUT2D eigenvalue weighted by Gasteiger charge is 2.46. The van der Waals surface area contributed by atoms with Crippen LogP contribution in [0.5, 0.6) is 0 Å². The SMILES string of the molecule is Cc1cc(NC(=O)N2CCC3(C2)OCc2ccccc23)ccn1. The van der Waals surface area contributed by atoms with Crippen molar-refractivity contribution in [3.63, 3.8) is 0 Å². The maximum Gasteiger partial charge on any atom is 0.321 e. The predicted molar refractivity (Wildman–Crippen MR) is 87.1 cm³/mol. The average Bonchev–Trinajstić information content (AvgIpc) is 3.14. The van der Waals surface area contributed by atoms with Crippen molar-refractivity contribution >= 4 is 11.7 Å². The summed E-state index contributed by atoms with van der Waals surface area (Å²) < 4.78 is 6.09. The van der Waals surface area contributed by atoms with Crippen LogP contribution in [0.15, 0.2) is 42.6 Å². The lowest BCUT2D eigenvalue weighted by molar-refractivity contribution is -0.0269. The largest absolute Gasteiger partial charge is 0.364 e. The van der Waals surface area contributed by atoms with E-state index in [1.807, 2.05) is 30.0 Å². The zero-order chi connectivity index (χ0) is 15.9. The predicted octanol–water partition coefficient (Wildman–Crippen LogP) is 3.05. The molecule has 1 atom stereocenters. The van der Waals surface area contributed by atoms with Crippen molar-refractivity contribution in [2.75, 3.05) is 18.4 Å². The molecule has 0 aliphatic carbocycles. The number of fused-ring (bicyclic) bond motifs is 2. The third kappa shape index (κ3) is 2.47. The van der Waals surface area contributed by atoms with E-state index in [1.165, 1.54) is 11.1 Å². The minimum atomic E-state index is -0.331. The Morgan fingerprint density at radius 3 is 3.09 bits per heavy atom. The van der Waals surface area contributed by atoms with E-state index >= 15 is 0 Å². The first kappa shape index (κ1) is 14.2. The topological polar surface area (TPSA) is 54.5 Å². The Labute approximate surface area is 135 Å². The number of nitrogens with one attached hydrogen (secondary N) is 1. The number of hydrogen-bond acceptors (Lipinski definition) is 3. The second kappa shape index (κ2) is 5.35. The summed E-state index contributed by atoms with van der Waals surface area (Å²) >= 11 is 0. The number of rotatable bonds is 1. The second-order valence-corrected chi connectivity index (χ2v) is 6.23. The van der Waals surface area contributed by atoms with Gasteiger partial charge < -0.3 is 15.0 Å². The van der Waals surface area contributed by atoms with Crippen LogP contribution in [0.3, 0.4) is 0 Å². The van der Waals surface area contributed by atoms with Crippen LogP contribution < -0.4 is 5.32 Å². The number of aromatic nitrogens is 1. The fourth-order valence-electron chi connectivity index (χ4n) is 3.50. The number of benzene rings is 1. The van der Waals surface area contributed by atoms with Crippen molar-refractivity contribution in [3.8, 4) is 0 Å². The quantitative estimate of drug-likeness (QED) is 0.881. The number of pyridine rings is 1. The van der Waals surface area contributed by atoms with Crippen LogP contribution in [0.25, 0.3) is 0 Å². The van der Waals surface area contributed by atoms with Crippen LogP contribution in [-0.4, -0.2) is 29.0 Å². The Hall–Kier alpha value is -2.40. The minimum Gasteiger partial charge on any atom is -0.364 e. The van der Waals surface area contributed by atoms with E-state index in [4.69, 9.17) is 4.74 Å². The van der Waals surface area contributed by atoms with Crippen LogP contribution in [0.2, 0.25) is 0 Å². The number of carbonyl (C=O) groups excluding carboxylic acids is 1. The van der Waals surface area contributed by atoms with E-state index in [1.54, 1.807) is 12.3 Å². The summed E-state index contributed by atoms with van der Waals surface area (Å²) in [4.78, 5) is 18.5. The molecule has 0 bridgehead atoms. The molecule has 5 nitrogen and oxygen atoms in total. The Morgan fingerprint density at radius 2 is 2.22 bits per heavy atom. The second-order valence-electron chi connectivity index (χ2n) is 6.23. The van der Waals surface area contributed by atoms with Gasteiger partial charge in [-0.1, -0.05) is 24.3 Å². The Balaban J connectivity index is 1.50. The standard InChI is InChI=1S/C18H19N3O2/c1-13-10-15(6-8-19-13)20-17(22)21-9-7-18(12-21)16-5-3-2-4-14(16)11-23-18/h2-6,8,10H,7,9,11-12H2,1H3,(H,19,20,22). The molecular weight excluding hydrogens is 290 g/mol. The van der Waals surface area contributed by atoms with Crippen LogP contribution in [-0.2, 0) is 16.9 Å². The Morgan fingerprint density at radius 1 is 1.35 bits per heavy atom. The summed E-state index contributed by atoms with van der Waals surface area (Å²) in [5, 5.41) is 2.95. The van der Waals surface area contributed by atoms with Crippen molar-refractivity contribution < 1.29 is 9.53 Å². The number of nitrogens with zero attached hydrogens (tertiary/aromatic N) is 2. The molecule has 1 unspecified atom stereocenters. The molecule has 4 rings (SSSR count). The number of anilines is 1. The average molecular weight is 309 g/mol. The van der Waals surface area contributed by atoms with E-state index in [9.17, 15) is 4.79 Å². The summed E-state index contributed by atoms with van der Waals surface area (Å²) in [5.41, 5.74) is 3.79. The molecule has 1 aromatic heterocycles. The zero-order valence-electron chi connectivity index (χ0n) is 13.1. The molecule has 2 aliphatic rings. The minimum absolute atomic E-state index is 0.0829. The summed E-state index contributed by atoms with van der Waals surface area (Å²) in [5.74, 6) is 0. The van der Waals surface area contributed by atoms with Gasteiger partial charge in [-0.15, -0.1) is 0 Å². The van der Waals surface area contributed by atoms with Gasteiger partial charge >= 0.3 is 6.03 Å². The van der Waals surface area contributed by atoms with Gasteiger partial charge in [0.2, 0.25) is 0 Å². The third-order valence-corrected chi connectivity index (χ3v) is 4.68. The monoisotopic (exact) mass is 309 g/mol. The van der Waals surface area contributed by atoms with Gasteiger partial charge in [-0.2, -0.15) is 0 Å². The molecule has 1 fully saturated rings. The van der Waals surface area contributed by atoms with E-state index in [0.717, 1.165) is 17.8 Å². The number of ether oxygens (including phenoxy) is 1. The summed E-state index contributed by atoms with van der Waals surface area (Å²) in [6, 6.07) is 11.9. The highest BCUT2D eigenvalue weighted by atomic mass is 16.5. The molecule has 2 aromatic rings. The van der Waals surface area contributed by atoms with Crippen LogP contribution in [0.1, 0.15) is 23.2 Å². The van der Waals surface area contributed by atoms with Gasteiger partial charge in [-0.05, 0) is 30.2 Å². The lowest BCUT2D eigenvalue weighted by Crippen LogP contribution is -2.36. The number of carbonyl (C=O) groups is 1. The number of urea groups is 1. The molecule has 3 heterocycles. The number of amides is 2. The fraction of sp³-hybridized carbons (Fsp3) is 0.333. The molecular formula is C18H19N3O2. The molecule has 2 amide bonds. The van der Waals surface area contributed by atoms with E-state index in [0.29, 0.717) is 19.7 Å².